The third-order valence-corrected chi connectivity index (χ3v) is 4.01. The third-order valence-electron chi connectivity index (χ3n) is 4.01. The van der Waals surface area contributed by atoms with E-state index in [1.807, 2.05) is 0 Å². The number of hydrogen-bond acceptors (Lipinski definition) is 2. The molecule has 1 aliphatic rings. The molecule has 0 bridgehead atoms. The SMILES string of the molecule is CC(C)(C)NCC1(Cc2c(F)cccc2F)CCCOC1. The van der Waals surface area contributed by atoms with Gasteiger partial charge in [-0.05, 0) is 52.2 Å². The number of halogens is 2. The van der Waals surface area contributed by atoms with Crippen molar-refractivity contribution in [3.63, 3.8) is 0 Å². The first-order chi connectivity index (χ1) is 9.81. The monoisotopic (exact) mass is 297 g/mol. The van der Waals surface area contributed by atoms with Crippen LogP contribution in [0.1, 0.15) is 39.2 Å². The predicted octanol–water partition coefficient (Wildman–Crippen LogP) is 3.69. The Kier molecular flexibility index (Phi) is 4.99. The summed E-state index contributed by atoms with van der Waals surface area (Å²) in [5.41, 5.74) is -0.0917. The molecule has 1 fully saturated rings. The van der Waals surface area contributed by atoms with Crippen molar-refractivity contribution in [2.45, 2.75) is 45.6 Å². The van der Waals surface area contributed by atoms with Crippen LogP contribution in [0.4, 0.5) is 8.78 Å². The summed E-state index contributed by atoms with van der Waals surface area (Å²) in [4.78, 5) is 0. The van der Waals surface area contributed by atoms with Crippen LogP contribution < -0.4 is 5.32 Å². The quantitative estimate of drug-likeness (QED) is 0.915. The number of nitrogens with one attached hydrogen (secondary N) is 1. The highest BCUT2D eigenvalue weighted by atomic mass is 19.1. The summed E-state index contributed by atoms with van der Waals surface area (Å²) in [6.07, 6.45) is 2.22. The lowest BCUT2D eigenvalue weighted by molar-refractivity contribution is -0.0107. The van der Waals surface area contributed by atoms with E-state index >= 15 is 0 Å². The molecule has 1 saturated heterocycles. The molecule has 118 valence electrons. The molecular weight excluding hydrogens is 272 g/mol. The molecule has 1 aromatic rings. The van der Waals surface area contributed by atoms with E-state index in [1.165, 1.54) is 18.2 Å². The molecule has 1 aliphatic heterocycles. The summed E-state index contributed by atoms with van der Waals surface area (Å²) in [6, 6.07) is 4.06. The largest absolute Gasteiger partial charge is 0.381 e. The van der Waals surface area contributed by atoms with Gasteiger partial charge in [0.1, 0.15) is 11.6 Å². The Morgan fingerprint density at radius 1 is 1.24 bits per heavy atom. The Morgan fingerprint density at radius 3 is 2.43 bits per heavy atom. The Bertz CT molecular complexity index is 456. The Morgan fingerprint density at radius 2 is 1.90 bits per heavy atom. The molecule has 0 aliphatic carbocycles. The molecule has 2 rings (SSSR count). The van der Waals surface area contributed by atoms with Gasteiger partial charge in [-0.3, -0.25) is 0 Å². The van der Waals surface area contributed by atoms with Crippen LogP contribution in [-0.4, -0.2) is 25.3 Å². The molecular formula is C17H25F2NO. The lowest BCUT2D eigenvalue weighted by atomic mass is 9.76. The maximum absolute atomic E-state index is 13.9. The summed E-state index contributed by atoms with van der Waals surface area (Å²) in [7, 11) is 0. The van der Waals surface area contributed by atoms with Gasteiger partial charge in [-0.1, -0.05) is 6.07 Å². The summed E-state index contributed by atoms with van der Waals surface area (Å²) in [5, 5.41) is 3.47. The summed E-state index contributed by atoms with van der Waals surface area (Å²) in [5.74, 6) is -0.925. The van der Waals surface area contributed by atoms with Crippen molar-refractivity contribution >= 4 is 0 Å². The minimum atomic E-state index is -0.462. The van der Waals surface area contributed by atoms with E-state index in [2.05, 4.69) is 26.1 Å². The fourth-order valence-electron chi connectivity index (χ4n) is 2.78. The minimum absolute atomic E-state index is 0.0295. The second-order valence-electron chi connectivity index (χ2n) is 7.14. The van der Waals surface area contributed by atoms with Gasteiger partial charge in [0.15, 0.2) is 0 Å². The number of ether oxygens (including phenoxy) is 1. The molecule has 4 heteroatoms. The standard InChI is InChI=1S/C17H25F2NO/c1-16(2,3)20-11-17(8-5-9-21-12-17)10-13-14(18)6-4-7-15(13)19/h4,6-7,20H,5,8-12H2,1-3H3. The second kappa shape index (κ2) is 6.41. The fourth-order valence-corrected chi connectivity index (χ4v) is 2.78. The van der Waals surface area contributed by atoms with Crippen LogP contribution in [0, 0.1) is 17.0 Å². The summed E-state index contributed by atoms with van der Waals surface area (Å²) >= 11 is 0. The van der Waals surface area contributed by atoms with E-state index in [1.54, 1.807) is 0 Å². The van der Waals surface area contributed by atoms with Crippen LogP contribution in [0.3, 0.4) is 0 Å². The average Bonchev–Trinajstić information content (AvgIpc) is 2.42. The first kappa shape index (κ1) is 16.4. The van der Waals surface area contributed by atoms with Crippen molar-refractivity contribution in [2.24, 2.45) is 5.41 Å². The van der Waals surface area contributed by atoms with Crippen LogP contribution in [-0.2, 0) is 11.2 Å². The smallest absolute Gasteiger partial charge is 0.129 e. The third kappa shape index (κ3) is 4.48. The summed E-state index contributed by atoms with van der Waals surface area (Å²) in [6.45, 7) is 8.25. The van der Waals surface area contributed by atoms with Crippen LogP contribution >= 0.6 is 0 Å². The van der Waals surface area contributed by atoms with Crippen molar-refractivity contribution in [3.05, 3.63) is 35.4 Å². The normalized spacial score (nSPS) is 23.3. The van der Waals surface area contributed by atoms with Crippen LogP contribution in [0.25, 0.3) is 0 Å². The molecule has 0 radical (unpaired) electrons. The van der Waals surface area contributed by atoms with Crippen LogP contribution in [0.5, 0.6) is 0 Å². The van der Waals surface area contributed by atoms with Gasteiger partial charge in [0.25, 0.3) is 0 Å². The van der Waals surface area contributed by atoms with Gasteiger partial charge in [0.2, 0.25) is 0 Å². The van der Waals surface area contributed by atoms with Crippen LogP contribution in [0.2, 0.25) is 0 Å². The lowest BCUT2D eigenvalue weighted by Crippen LogP contribution is -2.48. The Hall–Kier alpha value is -1.00. The molecule has 1 unspecified atom stereocenters. The average molecular weight is 297 g/mol. The molecule has 1 heterocycles. The second-order valence-corrected chi connectivity index (χ2v) is 7.14. The van der Waals surface area contributed by atoms with Gasteiger partial charge >= 0.3 is 0 Å². The Balaban J connectivity index is 2.20. The molecule has 0 saturated carbocycles. The van der Waals surface area contributed by atoms with E-state index in [0.29, 0.717) is 19.6 Å². The maximum Gasteiger partial charge on any atom is 0.129 e. The van der Waals surface area contributed by atoms with E-state index < -0.39 is 11.6 Å². The van der Waals surface area contributed by atoms with Gasteiger partial charge in [-0.2, -0.15) is 0 Å². The number of benzene rings is 1. The van der Waals surface area contributed by atoms with Crippen molar-refractivity contribution in [1.82, 2.24) is 5.32 Å². The molecule has 1 N–H and O–H groups in total. The first-order valence-corrected chi connectivity index (χ1v) is 7.57. The number of hydrogen-bond donors (Lipinski definition) is 1. The molecule has 1 aromatic carbocycles. The zero-order valence-electron chi connectivity index (χ0n) is 13.1. The van der Waals surface area contributed by atoms with Crippen molar-refractivity contribution < 1.29 is 13.5 Å². The molecule has 2 nitrogen and oxygen atoms in total. The van der Waals surface area contributed by atoms with Gasteiger partial charge in [-0.25, -0.2) is 8.78 Å². The van der Waals surface area contributed by atoms with Gasteiger partial charge < -0.3 is 10.1 Å². The van der Waals surface area contributed by atoms with Crippen molar-refractivity contribution in [1.29, 1.82) is 0 Å². The predicted molar refractivity (Wildman–Crippen MR) is 80.3 cm³/mol. The van der Waals surface area contributed by atoms with Gasteiger partial charge in [-0.15, -0.1) is 0 Å². The highest BCUT2D eigenvalue weighted by molar-refractivity contribution is 5.21. The fraction of sp³-hybridized carbons (Fsp3) is 0.647. The molecule has 21 heavy (non-hydrogen) atoms. The van der Waals surface area contributed by atoms with Crippen LogP contribution in [0.15, 0.2) is 18.2 Å². The van der Waals surface area contributed by atoms with E-state index in [0.717, 1.165) is 19.4 Å². The van der Waals surface area contributed by atoms with Gasteiger partial charge in [0.05, 0.1) is 6.61 Å². The molecule has 0 aromatic heterocycles. The maximum atomic E-state index is 13.9. The van der Waals surface area contributed by atoms with Crippen molar-refractivity contribution in [3.8, 4) is 0 Å². The zero-order chi connectivity index (χ0) is 15.5. The first-order valence-electron chi connectivity index (χ1n) is 7.57. The topological polar surface area (TPSA) is 21.3 Å². The van der Waals surface area contributed by atoms with E-state index in [9.17, 15) is 8.78 Å². The summed E-state index contributed by atoms with van der Waals surface area (Å²) < 4.78 is 33.5. The molecule has 0 amide bonds. The van der Waals surface area contributed by atoms with Gasteiger partial charge in [0, 0.05) is 29.7 Å². The minimum Gasteiger partial charge on any atom is -0.381 e. The van der Waals surface area contributed by atoms with E-state index in [4.69, 9.17) is 4.74 Å². The van der Waals surface area contributed by atoms with E-state index in [-0.39, 0.29) is 16.5 Å². The highest BCUT2D eigenvalue weighted by Crippen LogP contribution is 2.34. The Labute approximate surface area is 125 Å². The molecule has 0 spiro atoms. The number of rotatable bonds is 4. The zero-order valence-corrected chi connectivity index (χ0v) is 13.1. The van der Waals surface area contributed by atoms with Crippen molar-refractivity contribution in [2.75, 3.05) is 19.8 Å². The molecule has 1 atom stereocenters. The lowest BCUT2D eigenvalue weighted by Gasteiger charge is -2.39. The highest BCUT2D eigenvalue weighted by Gasteiger charge is 2.35.